The molecule has 0 atom stereocenters. The molecule has 0 amide bonds. The number of rotatable bonds is 4. The highest BCUT2D eigenvalue weighted by Crippen LogP contribution is 2.26. The van der Waals surface area contributed by atoms with Gasteiger partial charge in [0.2, 0.25) is 0 Å². The highest BCUT2D eigenvalue weighted by molar-refractivity contribution is 7.98. The Hall–Kier alpha value is -0.800. The van der Waals surface area contributed by atoms with Crippen molar-refractivity contribution >= 4 is 39.0 Å². The minimum absolute atomic E-state index is 0.266. The lowest BCUT2D eigenvalue weighted by atomic mass is 10.1. The van der Waals surface area contributed by atoms with Gasteiger partial charge in [-0.15, -0.1) is 11.3 Å². The second-order valence-corrected chi connectivity index (χ2v) is 5.21. The van der Waals surface area contributed by atoms with Crippen LogP contribution in [0.15, 0.2) is 29.6 Å². The van der Waals surface area contributed by atoms with Gasteiger partial charge in [-0.05, 0) is 12.3 Å². The van der Waals surface area contributed by atoms with Gasteiger partial charge in [-0.1, -0.05) is 18.2 Å². The van der Waals surface area contributed by atoms with Crippen LogP contribution in [0.4, 0.5) is 0 Å². The van der Waals surface area contributed by atoms with E-state index in [1.165, 1.54) is 4.70 Å². The Balaban J connectivity index is 2.31. The average molecular weight is 236 g/mol. The first-order valence-electron chi connectivity index (χ1n) is 4.81. The molecule has 0 saturated heterocycles. The number of hydrogen-bond acceptors (Lipinski definition) is 3. The first-order valence-corrected chi connectivity index (χ1v) is 7.08. The minimum Gasteiger partial charge on any atom is -0.294 e. The van der Waals surface area contributed by atoms with Crippen molar-refractivity contribution in [3.63, 3.8) is 0 Å². The van der Waals surface area contributed by atoms with Crippen molar-refractivity contribution in [3.05, 3.63) is 35.2 Å². The van der Waals surface area contributed by atoms with Crippen LogP contribution < -0.4 is 0 Å². The second-order valence-electron chi connectivity index (χ2n) is 3.31. The minimum atomic E-state index is 0.266. The number of Topliss-reactive ketones (excluding diaryl/α,β-unsaturated/α-hetero) is 1. The number of thiophene rings is 1. The Morgan fingerprint density at radius 1 is 1.40 bits per heavy atom. The summed E-state index contributed by atoms with van der Waals surface area (Å²) in [5.41, 5.74) is 0.893. The van der Waals surface area contributed by atoms with E-state index in [0.717, 1.165) is 16.7 Å². The predicted octanol–water partition coefficient (Wildman–Crippen LogP) is 3.84. The molecular formula is C12H12OS2. The summed E-state index contributed by atoms with van der Waals surface area (Å²) in [6.45, 7) is 0. The van der Waals surface area contributed by atoms with E-state index < -0.39 is 0 Å². The molecule has 0 aliphatic carbocycles. The van der Waals surface area contributed by atoms with E-state index in [9.17, 15) is 4.79 Å². The normalized spacial score (nSPS) is 10.7. The van der Waals surface area contributed by atoms with Crippen LogP contribution in [-0.2, 0) is 0 Å². The average Bonchev–Trinajstić information content (AvgIpc) is 2.69. The Morgan fingerprint density at radius 3 is 3.00 bits per heavy atom. The highest BCUT2D eigenvalue weighted by atomic mass is 32.2. The lowest BCUT2D eigenvalue weighted by molar-refractivity contribution is 0.0991. The Bertz CT molecular complexity index is 473. The summed E-state index contributed by atoms with van der Waals surface area (Å²) in [5.74, 6) is 1.17. The van der Waals surface area contributed by atoms with Crippen molar-refractivity contribution in [2.75, 3.05) is 12.0 Å². The highest BCUT2D eigenvalue weighted by Gasteiger charge is 2.10. The molecule has 2 rings (SSSR count). The summed E-state index contributed by atoms with van der Waals surface area (Å²) < 4.78 is 1.20. The predicted molar refractivity (Wildman–Crippen MR) is 69.2 cm³/mol. The molecule has 78 valence electrons. The molecule has 0 bridgehead atoms. The summed E-state index contributed by atoms with van der Waals surface area (Å²) >= 11 is 3.36. The van der Waals surface area contributed by atoms with Gasteiger partial charge in [-0.25, -0.2) is 0 Å². The van der Waals surface area contributed by atoms with Gasteiger partial charge < -0.3 is 0 Å². The molecule has 0 N–H and O–H groups in total. The molecule has 0 saturated carbocycles. The number of benzene rings is 1. The van der Waals surface area contributed by atoms with Crippen molar-refractivity contribution in [1.82, 2.24) is 0 Å². The van der Waals surface area contributed by atoms with E-state index in [2.05, 4.69) is 6.07 Å². The van der Waals surface area contributed by atoms with E-state index in [4.69, 9.17) is 0 Å². The second kappa shape index (κ2) is 4.81. The molecule has 1 aromatic heterocycles. The van der Waals surface area contributed by atoms with Gasteiger partial charge in [0.15, 0.2) is 5.78 Å². The van der Waals surface area contributed by atoms with Crippen LogP contribution in [0.25, 0.3) is 10.1 Å². The van der Waals surface area contributed by atoms with Gasteiger partial charge in [0, 0.05) is 33.2 Å². The zero-order valence-electron chi connectivity index (χ0n) is 8.53. The quantitative estimate of drug-likeness (QED) is 0.750. The molecule has 0 unspecified atom stereocenters. The van der Waals surface area contributed by atoms with Crippen molar-refractivity contribution < 1.29 is 4.79 Å². The van der Waals surface area contributed by atoms with E-state index in [0.29, 0.717) is 6.42 Å². The fourth-order valence-corrected chi connectivity index (χ4v) is 2.88. The fraction of sp³-hybridized carbons (Fsp3) is 0.250. The number of thioether (sulfide) groups is 1. The van der Waals surface area contributed by atoms with Crippen LogP contribution in [0.1, 0.15) is 16.8 Å². The summed E-state index contributed by atoms with van der Waals surface area (Å²) in [7, 11) is 0. The summed E-state index contributed by atoms with van der Waals surface area (Å²) in [5, 5.41) is 3.08. The standard InChI is InChI=1S/C12H12OS2/c1-14-7-6-11(13)10-8-15-12-5-3-2-4-9(10)12/h2-5,8H,6-7H2,1H3. The van der Waals surface area contributed by atoms with E-state index >= 15 is 0 Å². The number of hydrogen-bond donors (Lipinski definition) is 0. The topological polar surface area (TPSA) is 17.1 Å². The fourth-order valence-electron chi connectivity index (χ4n) is 1.52. The van der Waals surface area contributed by atoms with E-state index in [1.807, 2.05) is 29.8 Å². The third-order valence-electron chi connectivity index (χ3n) is 2.31. The number of ketones is 1. The van der Waals surface area contributed by atoms with Crippen LogP contribution >= 0.6 is 23.1 Å². The van der Waals surface area contributed by atoms with Crippen molar-refractivity contribution in [3.8, 4) is 0 Å². The van der Waals surface area contributed by atoms with Gasteiger partial charge in [0.1, 0.15) is 0 Å². The maximum absolute atomic E-state index is 11.9. The molecule has 1 nitrogen and oxygen atoms in total. The van der Waals surface area contributed by atoms with Gasteiger partial charge in [-0.3, -0.25) is 4.79 Å². The Labute approximate surface area is 97.5 Å². The van der Waals surface area contributed by atoms with Gasteiger partial charge in [0.05, 0.1) is 0 Å². The summed E-state index contributed by atoms with van der Waals surface area (Å²) in [6.07, 6.45) is 2.67. The maximum atomic E-state index is 11.9. The van der Waals surface area contributed by atoms with E-state index in [-0.39, 0.29) is 5.78 Å². The molecule has 15 heavy (non-hydrogen) atoms. The lowest BCUT2D eigenvalue weighted by Crippen LogP contribution is -1.98. The van der Waals surface area contributed by atoms with Crippen molar-refractivity contribution in [1.29, 1.82) is 0 Å². The van der Waals surface area contributed by atoms with Crippen LogP contribution in [0, 0.1) is 0 Å². The molecule has 1 heterocycles. The molecule has 0 spiro atoms. The SMILES string of the molecule is CSCCC(=O)c1csc2ccccc12. The van der Waals surface area contributed by atoms with Crippen LogP contribution in [0.3, 0.4) is 0 Å². The summed E-state index contributed by atoms with van der Waals surface area (Å²) in [6, 6.07) is 8.08. The number of carbonyl (C=O) groups is 1. The molecule has 3 heteroatoms. The lowest BCUT2D eigenvalue weighted by Gasteiger charge is -1.97. The number of fused-ring (bicyclic) bond motifs is 1. The first-order chi connectivity index (χ1) is 7.33. The zero-order valence-corrected chi connectivity index (χ0v) is 10.2. The van der Waals surface area contributed by atoms with Crippen LogP contribution in [0.2, 0.25) is 0 Å². The summed E-state index contributed by atoms with van der Waals surface area (Å²) in [4.78, 5) is 11.9. The van der Waals surface area contributed by atoms with Crippen molar-refractivity contribution in [2.45, 2.75) is 6.42 Å². The van der Waals surface area contributed by atoms with Crippen molar-refractivity contribution in [2.24, 2.45) is 0 Å². The molecule has 2 aromatic rings. The smallest absolute Gasteiger partial charge is 0.165 e. The molecular weight excluding hydrogens is 224 g/mol. The monoisotopic (exact) mass is 236 g/mol. The third-order valence-corrected chi connectivity index (χ3v) is 3.89. The largest absolute Gasteiger partial charge is 0.294 e. The van der Waals surface area contributed by atoms with Crippen LogP contribution in [-0.4, -0.2) is 17.8 Å². The molecule has 1 aromatic carbocycles. The van der Waals surface area contributed by atoms with Gasteiger partial charge in [-0.2, -0.15) is 11.8 Å². The van der Waals surface area contributed by atoms with Gasteiger partial charge in [0.25, 0.3) is 0 Å². The Morgan fingerprint density at radius 2 is 2.20 bits per heavy atom. The molecule has 0 fully saturated rings. The molecule has 0 aliphatic heterocycles. The molecule has 0 aliphatic rings. The first kappa shape index (κ1) is 10.7. The van der Waals surface area contributed by atoms with Crippen LogP contribution in [0.5, 0.6) is 0 Å². The third kappa shape index (κ3) is 2.24. The maximum Gasteiger partial charge on any atom is 0.165 e. The number of carbonyl (C=O) groups excluding carboxylic acids is 1. The van der Waals surface area contributed by atoms with E-state index in [1.54, 1.807) is 23.1 Å². The molecule has 0 radical (unpaired) electrons. The van der Waals surface area contributed by atoms with Gasteiger partial charge >= 0.3 is 0 Å². The zero-order chi connectivity index (χ0) is 10.7. The Kier molecular flexibility index (Phi) is 3.44.